The monoisotopic (exact) mass is 242 g/mol. The normalized spacial score (nSPS) is 13.8. The minimum Gasteiger partial charge on any atom is -0.481 e. The fourth-order valence-corrected chi connectivity index (χ4v) is 3.32. The van der Waals surface area contributed by atoms with Crippen LogP contribution in [0, 0.1) is 0 Å². The molecule has 0 saturated carbocycles. The van der Waals surface area contributed by atoms with Gasteiger partial charge in [-0.25, -0.2) is 8.42 Å². The Balaban J connectivity index is 3.81. The van der Waals surface area contributed by atoms with Gasteiger partial charge in [-0.3, -0.25) is 9.00 Å². The van der Waals surface area contributed by atoms with Gasteiger partial charge in [0.15, 0.2) is 9.84 Å². The van der Waals surface area contributed by atoms with E-state index in [9.17, 15) is 17.4 Å². The maximum Gasteiger partial charge on any atom is 0.304 e. The van der Waals surface area contributed by atoms with Gasteiger partial charge < -0.3 is 5.11 Å². The molecular weight excluding hydrogens is 228 g/mol. The summed E-state index contributed by atoms with van der Waals surface area (Å²) in [4.78, 5) is 10.1. The average molecular weight is 242 g/mol. The molecule has 0 saturated heterocycles. The summed E-state index contributed by atoms with van der Waals surface area (Å²) in [6.45, 7) is 1.52. The van der Waals surface area contributed by atoms with E-state index in [1.807, 2.05) is 0 Å². The molecule has 1 N–H and O–H groups in total. The van der Waals surface area contributed by atoms with Crippen LogP contribution < -0.4 is 0 Å². The maximum absolute atomic E-state index is 11.1. The molecule has 1 atom stereocenters. The zero-order valence-corrected chi connectivity index (χ0v) is 9.57. The number of sulfone groups is 1. The summed E-state index contributed by atoms with van der Waals surface area (Å²) in [5.74, 6) is -1.06. The second kappa shape index (κ2) is 6.13. The average Bonchev–Trinajstić information content (AvgIpc) is 2.11. The number of hydrogen-bond donors (Lipinski definition) is 1. The maximum atomic E-state index is 11.1. The first-order chi connectivity index (χ1) is 6.37. The van der Waals surface area contributed by atoms with Crippen molar-refractivity contribution in [1.29, 1.82) is 0 Å². The van der Waals surface area contributed by atoms with Gasteiger partial charge >= 0.3 is 5.97 Å². The van der Waals surface area contributed by atoms with Gasteiger partial charge in [0.25, 0.3) is 0 Å². The first kappa shape index (κ1) is 13.6. The van der Waals surface area contributed by atoms with Crippen molar-refractivity contribution in [2.24, 2.45) is 0 Å². The Morgan fingerprint density at radius 2 is 1.93 bits per heavy atom. The summed E-state index contributed by atoms with van der Waals surface area (Å²) in [5.41, 5.74) is 0. The quantitative estimate of drug-likeness (QED) is 0.659. The highest BCUT2D eigenvalue weighted by Crippen LogP contribution is 1.94. The van der Waals surface area contributed by atoms with Crippen molar-refractivity contribution in [2.75, 3.05) is 23.0 Å². The number of aliphatic carboxylic acids is 1. The number of rotatable bonds is 7. The van der Waals surface area contributed by atoms with Crippen LogP contribution in [-0.4, -0.2) is 46.7 Å². The van der Waals surface area contributed by atoms with Crippen molar-refractivity contribution < 1.29 is 22.5 Å². The Labute approximate surface area is 85.9 Å². The van der Waals surface area contributed by atoms with Crippen molar-refractivity contribution in [2.45, 2.75) is 13.3 Å². The zero-order chi connectivity index (χ0) is 11.2. The lowest BCUT2D eigenvalue weighted by Crippen LogP contribution is -2.17. The highest BCUT2D eigenvalue weighted by atomic mass is 32.2. The Morgan fingerprint density at radius 1 is 1.36 bits per heavy atom. The van der Waals surface area contributed by atoms with Crippen LogP contribution in [0.2, 0.25) is 0 Å². The van der Waals surface area contributed by atoms with Gasteiger partial charge in [0.2, 0.25) is 0 Å². The molecule has 0 spiro atoms. The largest absolute Gasteiger partial charge is 0.481 e. The van der Waals surface area contributed by atoms with Crippen LogP contribution >= 0.6 is 0 Å². The van der Waals surface area contributed by atoms with E-state index in [1.54, 1.807) is 0 Å². The molecule has 0 aromatic rings. The smallest absolute Gasteiger partial charge is 0.304 e. The third-order valence-electron chi connectivity index (χ3n) is 1.61. The lowest BCUT2D eigenvalue weighted by atomic mass is 10.5. The Kier molecular flexibility index (Phi) is 5.94. The van der Waals surface area contributed by atoms with Gasteiger partial charge in [0, 0.05) is 28.1 Å². The van der Waals surface area contributed by atoms with Gasteiger partial charge in [-0.15, -0.1) is 0 Å². The zero-order valence-electron chi connectivity index (χ0n) is 7.93. The molecule has 0 amide bonds. The molecule has 14 heavy (non-hydrogen) atoms. The molecule has 0 radical (unpaired) electrons. The van der Waals surface area contributed by atoms with Crippen LogP contribution in [0.3, 0.4) is 0 Å². The Hall–Kier alpha value is -0.430. The van der Waals surface area contributed by atoms with Crippen molar-refractivity contribution in [1.82, 2.24) is 0 Å². The third kappa shape index (κ3) is 7.02. The van der Waals surface area contributed by atoms with Crippen LogP contribution in [-0.2, 0) is 25.4 Å². The van der Waals surface area contributed by atoms with Crippen molar-refractivity contribution in [3.8, 4) is 0 Å². The van der Waals surface area contributed by atoms with Crippen LogP contribution in [0.1, 0.15) is 13.3 Å². The molecule has 0 aliphatic rings. The highest BCUT2D eigenvalue weighted by Gasteiger charge is 2.10. The molecular formula is C7H14O5S2. The molecule has 0 aliphatic carbocycles. The van der Waals surface area contributed by atoms with E-state index in [2.05, 4.69) is 0 Å². The lowest BCUT2D eigenvalue weighted by molar-refractivity contribution is -0.136. The molecule has 0 aromatic carbocycles. The molecule has 0 aromatic heterocycles. The van der Waals surface area contributed by atoms with Crippen LogP contribution in [0.5, 0.6) is 0 Å². The van der Waals surface area contributed by atoms with Gasteiger partial charge in [0.1, 0.15) is 0 Å². The van der Waals surface area contributed by atoms with E-state index < -0.39 is 26.6 Å². The molecule has 0 heterocycles. The van der Waals surface area contributed by atoms with Gasteiger partial charge in [0.05, 0.1) is 12.2 Å². The molecule has 84 valence electrons. The number of hydrogen-bond acceptors (Lipinski definition) is 4. The van der Waals surface area contributed by atoms with Crippen molar-refractivity contribution in [3.63, 3.8) is 0 Å². The topological polar surface area (TPSA) is 88.5 Å². The minimum atomic E-state index is -3.09. The summed E-state index contributed by atoms with van der Waals surface area (Å²) >= 11 is 0. The molecule has 1 unspecified atom stereocenters. The second-order valence-electron chi connectivity index (χ2n) is 2.73. The van der Waals surface area contributed by atoms with Gasteiger partial charge in [-0.05, 0) is 0 Å². The fraction of sp³-hybridized carbons (Fsp3) is 0.857. The first-order valence-corrected chi connectivity index (χ1v) is 7.45. The van der Waals surface area contributed by atoms with Gasteiger partial charge in [-0.2, -0.15) is 0 Å². The predicted octanol–water partition coefficient (Wildman–Crippen LogP) is -0.355. The van der Waals surface area contributed by atoms with E-state index in [4.69, 9.17) is 5.11 Å². The summed E-state index contributed by atoms with van der Waals surface area (Å²) in [5, 5.41) is 8.28. The molecule has 7 heteroatoms. The minimum absolute atomic E-state index is 0.0224. The standard InChI is InChI=1S/C7H14O5S2/c1-2-14(11,12)6-5-13(10)4-3-7(8)9/h2-6H2,1H3,(H,8,9). The van der Waals surface area contributed by atoms with Crippen molar-refractivity contribution >= 4 is 26.6 Å². The van der Waals surface area contributed by atoms with E-state index in [-0.39, 0.29) is 29.4 Å². The van der Waals surface area contributed by atoms with Crippen LogP contribution in [0.4, 0.5) is 0 Å². The molecule has 0 fully saturated rings. The molecule has 0 aliphatic heterocycles. The molecule has 5 nitrogen and oxygen atoms in total. The van der Waals surface area contributed by atoms with Crippen molar-refractivity contribution in [3.05, 3.63) is 0 Å². The van der Waals surface area contributed by atoms with Crippen LogP contribution in [0.25, 0.3) is 0 Å². The number of carbonyl (C=O) groups is 1. The summed E-state index contributed by atoms with van der Waals surface area (Å²) < 4.78 is 33.1. The molecule has 0 bridgehead atoms. The van der Waals surface area contributed by atoms with E-state index in [0.29, 0.717) is 0 Å². The first-order valence-electron chi connectivity index (χ1n) is 4.14. The number of carboxylic acid groups (broad SMARTS) is 1. The number of carboxylic acids is 1. The Bertz CT molecular complexity index is 306. The second-order valence-corrected chi connectivity index (χ2v) is 6.90. The SMILES string of the molecule is CCS(=O)(=O)CCS(=O)CCC(=O)O. The van der Waals surface area contributed by atoms with Crippen LogP contribution in [0.15, 0.2) is 0 Å². The van der Waals surface area contributed by atoms with E-state index in [0.717, 1.165) is 0 Å². The lowest BCUT2D eigenvalue weighted by Gasteiger charge is -2.00. The van der Waals surface area contributed by atoms with E-state index >= 15 is 0 Å². The molecule has 0 rings (SSSR count). The van der Waals surface area contributed by atoms with E-state index in [1.165, 1.54) is 6.92 Å². The summed E-state index contributed by atoms with van der Waals surface area (Å²) in [6.07, 6.45) is -0.182. The predicted molar refractivity (Wildman–Crippen MR) is 54.5 cm³/mol. The van der Waals surface area contributed by atoms with Gasteiger partial charge in [-0.1, -0.05) is 6.92 Å². The summed E-state index contributed by atoms with van der Waals surface area (Å²) in [7, 11) is -4.44. The third-order valence-corrected chi connectivity index (χ3v) is 4.89. The summed E-state index contributed by atoms with van der Waals surface area (Å²) in [6, 6.07) is 0. The highest BCUT2D eigenvalue weighted by molar-refractivity contribution is 7.93. The fourth-order valence-electron chi connectivity index (χ4n) is 0.667. The Morgan fingerprint density at radius 3 is 2.36 bits per heavy atom.